The molecule has 96 valence electrons. The van der Waals surface area contributed by atoms with Crippen molar-refractivity contribution in [3.8, 4) is 0 Å². The van der Waals surface area contributed by atoms with Crippen molar-refractivity contribution in [2.75, 3.05) is 20.3 Å². The monoisotopic (exact) mass is 269 g/mol. The van der Waals surface area contributed by atoms with Gasteiger partial charge in [-0.3, -0.25) is 18.8 Å². The van der Waals surface area contributed by atoms with Gasteiger partial charge in [-0.2, -0.15) is 0 Å². The van der Waals surface area contributed by atoms with Gasteiger partial charge < -0.3 is 4.74 Å². The van der Waals surface area contributed by atoms with Gasteiger partial charge in [0.1, 0.15) is 5.56 Å². The number of hydroxylamine groups is 1. The fourth-order valence-corrected chi connectivity index (χ4v) is 1.95. The summed E-state index contributed by atoms with van der Waals surface area (Å²) in [6.07, 6.45) is 2.81. The van der Waals surface area contributed by atoms with Crippen molar-refractivity contribution in [1.82, 2.24) is 14.9 Å². The molecule has 0 spiro atoms. The maximum atomic E-state index is 11.9. The zero-order chi connectivity index (χ0) is 13.0. The third-order valence-corrected chi connectivity index (χ3v) is 2.91. The smallest absolute Gasteiger partial charge is 0.282 e. The summed E-state index contributed by atoms with van der Waals surface area (Å²) in [5, 5.41) is 1.72. The highest BCUT2D eigenvalue weighted by Gasteiger charge is 2.13. The van der Waals surface area contributed by atoms with Crippen LogP contribution in [0.25, 0.3) is 4.96 Å². The van der Waals surface area contributed by atoms with Crippen molar-refractivity contribution in [1.29, 1.82) is 0 Å². The molecule has 0 aliphatic rings. The zero-order valence-corrected chi connectivity index (χ0v) is 10.4. The Morgan fingerprint density at radius 3 is 3.17 bits per heavy atom. The van der Waals surface area contributed by atoms with Gasteiger partial charge in [-0.1, -0.05) is 0 Å². The number of carbonyl (C=O) groups excluding carboxylic acids is 1. The molecule has 18 heavy (non-hydrogen) atoms. The normalized spacial score (nSPS) is 10.7. The molecule has 0 radical (unpaired) electrons. The van der Waals surface area contributed by atoms with Crippen LogP contribution in [0.1, 0.15) is 10.4 Å². The summed E-state index contributed by atoms with van der Waals surface area (Å²) < 4.78 is 6.06. The number of nitrogens with zero attached hydrogens (tertiary/aromatic N) is 2. The number of carbonyl (C=O) groups is 1. The van der Waals surface area contributed by atoms with E-state index in [4.69, 9.17) is 9.57 Å². The minimum Gasteiger partial charge on any atom is -0.382 e. The van der Waals surface area contributed by atoms with Gasteiger partial charge in [-0.15, -0.1) is 11.3 Å². The van der Waals surface area contributed by atoms with Gasteiger partial charge in [-0.25, -0.2) is 10.5 Å². The number of fused-ring (bicyclic) bond motifs is 1. The van der Waals surface area contributed by atoms with Crippen molar-refractivity contribution in [2.24, 2.45) is 0 Å². The predicted octanol–water partition coefficient (Wildman–Crippen LogP) is 0.0638. The Kier molecular flexibility index (Phi) is 4.03. The molecule has 2 heterocycles. The minimum atomic E-state index is -0.621. The maximum Gasteiger partial charge on any atom is 0.282 e. The number of rotatable bonds is 5. The maximum absolute atomic E-state index is 11.9. The number of hydrogen-bond donors (Lipinski definition) is 1. The van der Waals surface area contributed by atoms with E-state index in [1.807, 2.05) is 0 Å². The van der Waals surface area contributed by atoms with E-state index in [1.165, 1.54) is 29.0 Å². The van der Waals surface area contributed by atoms with Crippen molar-refractivity contribution < 1.29 is 14.4 Å². The van der Waals surface area contributed by atoms with Crippen LogP contribution >= 0.6 is 11.3 Å². The lowest BCUT2D eigenvalue weighted by Crippen LogP contribution is -2.32. The topological polar surface area (TPSA) is 81.9 Å². The molecule has 0 fully saturated rings. The summed E-state index contributed by atoms with van der Waals surface area (Å²) in [6, 6.07) is 0. The van der Waals surface area contributed by atoms with Gasteiger partial charge >= 0.3 is 0 Å². The summed E-state index contributed by atoms with van der Waals surface area (Å²) in [7, 11) is 1.52. The first-order valence-corrected chi connectivity index (χ1v) is 5.98. The van der Waals surface area contributed by atoms with Gasteiger partial charge in [0, 0.05) is 24.9 Å². The molecule has 2 aromatic rings. The van der Waals surface area contributed by atoms with E-state index in [0.29, 0.717) is 11.6 Å². The van der Waals surface area contributed by atoms with E-state index in [9.17, 15) is 9.59 Å². The summed E-state index contributed by atoms with van der Waals surface area (Å²) in [4.78, 5) is 33.0. The SMILES string of the molecule is COCCONC(=O)c1cnc2sccn2c1=O. The van der Waals surface area contributed by atoms with Gasteiger partial charge in [-0.05, 0) is 0 Å². The number of amides is 1. The zero-order valence-electron chi connectivity index (χ0n) is 9.58. The molecular formula is C10H11N3O4S. The number of methoxy groups -OCH3 is 1. The number of aromatic nitrogens is 2. The molecule has 1 amide bonds. The van der Waals surface area contributed by atoms with Crippen LogP contribution in [0.3, 0.4) is 0 Å². The first-order valence-electron chi connectivity index (χ1n) is 5.10. The van der Waals surface area contributed by atoms with Crippen LogP contribution in [0.5, 0.6) is 0 Å². The molecule has 2 aromatic heterocycles. The fraction of sp³-hybridized carbons (Fsp3) is 0.300. The fourth-order valence-electron chi connectivity index (χ4n) is 1.28. The Balaban J connectivity index is 2.13. The van der Waals surface area contributed by atoms with Crippen LogP contribution in [0.15, 0.2) is 22.6 Å². The Morgan fingerprint density at radius 2 is 2.39 bits per heavy atom. The molecule has 8 heteroatoms. The van der Waals surface area contributed by atoms with Gasteiger partial charge in [0.25, 0.3) is 11.5 Å². The molecule has 2 rings (SSSR count). The van der Waals surface area contributed by atoms with Crippen LogP contribution in [-0.2, 0) is 9.57 Å². The van der Waals surface area contributed by atoms with Crippen molar-refractivity contribution in [3.63, 3.8) is 0 Å². The first-order chi connectivity index (χ1) is 8.74. The molecule has 0 bridgehead atoms. The van der Waals surface area contributed by atoms with Gasteiger partial charge in [0.2, 0.25) is 0 Å². The van der Waals surface area contributed by atoms with E-state index < -0.39 is 11.5 Å². The van der Waals surface area contributed by atoms with E-state index in [-0.39, 0.29) is 12.2 Å². The van der Waals surface area contributed by atoms with E-state index in [1.54, 1.807) is 11.6 Å². The molecule has 0 unspecified atom stereocenters. The molecule has 0 atom stereocenters. The molecule has 1 N–H and O–H groups in total. The lowest BCUT2D eigenvalue weighted by atomic mass is 10.3. The highest BCUT2D eigenvalue weighted by Crippen LogP contribution is 2.05. The largest absolute Gasteiger partial charge is 0.382 e. The van der Waals surface area contributed by atoms with Crippen molar-refractivity contribution >= 4 is 22.2 Å². The minimum absolute atomic E-state index is 0.0664. The van der Waals surface area contributed by atoms with Gasteiger partial charge in [0.05, 0.1) is 13.2 Å². The van der Waals surface area contributed by atoms with E-state index in [0.717, 1.165) is 0 Å². The number of thiazole rings is 1. The summed E-state index contributed by atoms with van der Waals surface area (Å²) in [6.45, 7) is 0.554. The average Bonchev–Trinajstić information content (AvgIpc) is 2.84. The summed E-state index contributed by atoms with van der Waals surface area (Å²) >= 11 is 1.32. The van der Waals surface area contributed by atoms with Crippen molar-refractivity contribution in [2.45, 2.75) is 0 Å². The van der Waals surface area contributed by atoms with Crippen LogP contribution in [0.2, 0.25) is 0 Å². The second-order valence-corrected chi connectivity index (χ2v) is 4.18. The van der Waals surface area contributed by atoms with Crippen LogP contribution in [-0.4, -0.2) is 35.6 Å². The van der Waals surface area contributed by atoms with Gasteiger partial charge in [0.15, 0.2) is 4.96 Å². The number of nitrogens with one attached hydrogen (secondary N) is 1. The Labute approximate surface area is 106 Å². The molecule has 0 aliphatic carbocycles. The molecule has 0 saturated carbocycles. The average molecular weight is 269 g/mol. The summed E-state index contributed by atoms with van der Waals surface area (Å²) in [5.74, 6) is -0.621. The number of ether oxygens (including phenoxy) is 1. The lowest BCUT2D eigenvalue weighted by Gasteiger charge is -2.04. The second kappa shape index (κ2) is 5.71. The van der Waals surface area contributed by atoms with Crippen LogP contribution in [0, 0.1) is 0 Å². The first kappa shape index (κ1) is 12.7. The number of hydrogen-bond acceptors (Lipinski definition) is 6. The van der Waals surface area contributed by atoms with E-state index >= 15 is 0 Å². The third-order valence-electron chi connectivity index (χ3n) is 2.14. The molecule has 0 aromatic carbocycles. The lowest BCUT2D eigenvalue weighted by molar-refractivity contribution is 0.00876. The van der Waals surface area contributed by atoms with E-state index in [2.05, 4.69) is 10.5 Å². The van der Waals surface area contributed by atoms with Crippen LogP contribution < -0.4 is 11.0 Å². The predicted molar refractivity (Wildman–Crippen MR) is 64.6 cm³/mol. The van der Waals surface area contributed by atoms with Crippen molar-refractivity contribution in [3.05, 3.63) is 33.7 Å². The Bertz CT molecular complexity index is 606. The molecular weight excluding hydrogens is 258 g/mol. The van der Waals surface area contributed by atoms with Crippen LogP contribution in [0.4, 0.5) is 0 Å². The highest BCUT2D eigenvalue weighted by atomic mass is 32.1. The standard InChI is InChI=1S/C10H11N3O4S/c1-16-3-4-17-12-8(14)7-6-11-10-13(9(7)15)2-5-18-10/h2,5-6H,3-4H2,1H3,(H,12,14). The third kappa shape index (κ3) is 2.55. The Morgan fingerprint density at radius 1 is 1.56 bits per heavy atom. The summed E-state index contributed by atoms with van der Waals surface area (Å²) in [5.41, 5.74) is 1.67. The molecule has 0 saturated heterocycles. The molecule has 0 aliphatic heterocycles. The molecule has 7 nitrogen and oxygen atoms in total. The second-order valence-electron chi connectivity index (χ2n) is 3.31. The highest BCUT2D eigenvalue weighted by molar-refractivity contribution is 7.15. The quantitative estimate of drug-likeness (QED) is 0.613. The Hall–Kier alpha value is -1.77.